The van der Waals surface area contributed by atoms with Gasteiger partial charge in [-0.2, -0.15) is 8.42 Å². The van der Waals surface area contributed by atoms with E-state index >= 15 is 0 Å². The highest BCUT2D eigenvalue weighted by atomic mass is 32.2. The van der Waals surface area contributed by atoms with Crippen LogP contribution in [-0.2, 0) is 14.8 Å². The molecule has 1 heterocycles. The topological polar surface area (TPSA) is 104 Å². The summed E-state index contributed by atoms with van der Waals surface area (Å²) in [6.45, 7) is 4.99. The number of aromatic nitrogens is 2. The number of carbonyl (C=O) groups is 1. The zero-order valence-electron chi connectivity index (χ0n) is 12.8. The summed E-state index contributed by atoms with van der Waals surface area (Å²) in [7, 11) is -3.89. The zero-order valence-corrected chi connectivity index (χ0v) is 13.7. The van der Waals surface area contributed by atoms with Crippen LogP contribution >= 0.6 is 0 Å². The van der Waals surface area contributed by atoms with Gasteiger partial charge in [-0.15, -0.1) is 0 Å². The number of H-pyrrole nitrogens is 1. The summed E-state index contributed by atoms with van der Waals surface area (Å²) < 4.78 is 40.5. The molecule has 0 aliphatic heterocycles. The lowest BCUT2D eigenvalue weighted by Crippen LogP contribution is -2.14. The number of sulfonamides is 1. The van der Waals surface area contributed by atoms with Crippen molar-refractivity contribution in [3.05, 3.63) is 36.0 Å². The SMILES string of the molecule is CC(=O)Nc1cc(NS(=O)(=O)c2cnc(C(C)C)[nH]2)ccc1F. The zero-order chi connectivity index (χ0) is 17.2. The third-order valence-corrected chi connectivity index (χ3v) is 4.23. The van der Waals surface area contributed by atoms with Gasteiger partial charge in [0.15, 0.2) is 5.03 Å². The van der Waals surface area contributed by atoms with Crippen LogP contribution in [0.25, 0.3) is 0 Å². The van der Waals surface area contributed by atoms with Crippen LogP contribution in [-0.4, -0.2) is 24.3 Å². The number of aromatic amines is 1. The summed E-state index contributed by atoms with van der Waals surface area (Å²) in [5.74, 6) is -0.523. The molecule has 0 saturated carbocycles. The summed E-state index contributed by atoms with van der Waals surface area (Å²) in [6, 6.07) is 3.53. The highest BCUT2D eigenvalue weighted by molar-refractivity contribution is 7.92. The summed E-state index contributed by atoms with van der Waals surface area (Å²) in [5, 5.41) is 2.20. The first-order valence-electron chi connectivity index (χ1n) is 6.84. The van der Waals surface area contributed by atoms with Crippen LogP contribution in [0.4, 0.5) is 15.8 Å². The number of hydrogen-bond donors (Lipinski definition) is 3. The molecule has 0 atom stereocenters. The van der Waals surface area contributed by atoms with Crippen molar-refractivity contribution >= 4 is 27.3 Å². The van der Waals surface area contributed by atoms with Gasteiger partial charge in [-0.05, 0) is 18.2 Å². The number of carbonyl (C=O) groups excluding carboxylic acids is 1. The van der Waals surface area contributed by atoms with Crippen molar-refractivity contribution in [1.82, 2.24) is 9.97 Å². The Hall–Kier alpha value is -2.42. The first kappa shape index (κ1) is 16.9. The predicted molar refractivity (Wildman–Crippen MR) is 84.2 cm³/mol. The summed E-state index contributed by atoms with van der Waals surface area (Å²) in [4.78, 5) is 17.7. The van der Waals surface area contributed by atoms with E-state index in [1.165, 1.54) is 25.3 Å². The minimum atomic E-state index is -3.89. The number of benzene rings is 1. The monoisotopic (exact) mass is 340 g/mol. The van der Waals surface area contributed by atoms with Gasteiger partial charge in [0.05, 0.1) is 17.6 Å². The first-order valence-corrected chi connectivity index (χ1v) is 8.32. The Kier molecular flexibility index (Phi) is 4.69. The second-order valence-corrected chi connectivity index (χ2v) is 6.92. The molecule has 3 N–H and O–H groups in total. The maximum absolute atomic E-state index is 13.6. The van der Waals surface area contributed by atoms with Crippen LogP contribution in [0, 0.1) is 5.82 Å². The fourth-order valence-electron chi connectivity index (χ4n) is 1.83. The number of halogens is 1. The van der Waals surface area contributed by atoms with Crippen LogP contribution in [0.1, 0.15) is 32.5 Å². The molecule has 0 unspecified atom stereocenters. The first-order chi connectivity index (χ1) is 10.7. The summed E-state index contributed by atoms with van der Waals surface area (Å²) >= 11 is 0. The van der Waals surface area contributed by atoms with E-state index in [9.17, 15) is 17.6 Å². The van der Waals surface area contributed by atoms with Crippen LogP contribution < -0.4 is 10.0 Å². The van der Waals surface area contributed by atoms with Gasteiger partial charge in [0, 0.05) is 12.8 Å². The van der Waals surface area contributed by atoms with Crippen molar-refractivity contribution in [3.63, 3.8) is 0 Å². The van der Waals surface area contributed by atoms with Crippen molar-refractivity contribution < 1.29 is 17.6 Å². The van der Waals surface area contributed by atoms with Crippen molar-refractivity contribution in [2.75, 3.05) is 10.0 Å². The molecular weight excluding hydrogens is 323 g/mol. The van der Waals surface area contributed by atoms with Gasteiger partial charge in [0.2, 0.25) is 5.91 Å². The lowest BCUT2D eigenvalue weighted by Gasteiger charge is -2.09. The molecule has 0 spiro atoms. The molecule has 0 radical (unpaired) electrons. The molecule has 9 heteroatoms. The van der Waals surface area contributed by atoms with E-state index in [1.54, 1.807) is 0 Å². The van der Waals surface area contributed by atoms with Crippen LogP contribution in [0.3, 0.4) is 0 Å². The molecule has 23 heavy (non-hydrogen) atoms. The lowest BCUT2D eigenvalue weighted by atomic mass is 10.2. The number of nitrogens with zero attached hydrogens (tertiary/aromatic N) is 1. The quantitative estimate of drug-likeness (QED) is 0.777. The molecule has 2 rings (SSSR count). The Labute approximate surface area is 133 Å². The lowest BCUT2D eigenvalue weighted by molar-refractivity contribution is -0.114. The largest absolute Gasteiger partial charge is 0.331 e. The summed E-state index contributed by atoms with van der Waals surface area (Å²) in [6.07, 6.45) is 1.22. The third-order valence-electron chi connectivity index (χ3n) is 2.94. The van der Waals surface area contributed by atoms with Crippen molar-refractivity contribution in [2.45, 2.75) is 31.7 Å². The Morgan fingerprint density at radius 1 is 1.35 bits per heavy atom. The molecular formula is C14H17FN4O3S. The van der Waals surface area contributed by atoms with Crippen molar-refractivity contribution in [2.24, 2.45) is 0 Å². The van der Waals surface area contributed by atoms with Crippen molar-refractivity contribution in [3.8, 4) is 0 Å². The van der Waals surface area contributed by atoms with E-state index in [4.69, 9.17) is 0 Å². The van der Waals surface area contributed by atoms with Gasteiger partial charge in [-0.25, -0.2) is 9.37 Å². The number of imidazole rings is 1. The van der Waals surface area contributed by atoms with Gasteiger partial charge >= 0.3 is 0 Å². The second kappa shape index (κ2) is 6.37. The van der Waals surface area contributed by atoms with Gasteiger partial charge < -0.3 is 10.3 Å². The number of hydrogen-bond acceptors (Lipinski definition) is 4. The second-order valence-electron chi connectivity index (χ2n) is 5.27. The maximum Gasteiger partial charge on any atom is 0.278 e. The van der Waals surface area contributed by atoms with Crippen LogP contribution in [0.2, 0.25) is 0 Å². The molecule has 0 aliphatic carbocycles. The van der Waals surface area contributed by atoms with Gasteiger partial charge in [0.1, 0.15) is 11.6 Å². The average molecular weight is 340 g/mol. The maximum atomic E-state index is 13.6. The smallest absolute Gasteiger partial charge is 0.278 e. The molecule has 1 aromatic heterocycles. The van der Waals surface area contributed by atoms with Gasteiger partial charge in [-0.3, -0.25) is 9.52 Å². The van der Waals surface area contributed by atoms with E-state index in [2.05, 4.69) is 20.0 Å². The van der Waals surface area contributed by atoms with Gasteiger partial charge in [-0.1, -0.05) is 13.8 Å². The minimum Gasteiger partial charge on any atom is -0.331 e. The predicted octanol–water partition coefficient (Wildman–Crippen LogP) is 2.43. The summed E-state index contributed by atoms with van der Waals surface area (Å²) in [5.41, 5.74) is 0.0148. The van der Waals surface area contributed by atoms with Gasteiger partial charge in [0.25, 0.3) is 10.0 Å². The van der Waals surface area contributed by atoms with E-state index in [0.29, 0.717) is 5.82 Å². The van der Waals surface area contributed by atoms with E-state index in [-0.39, 0.29) is 22.3 Å². The van der Waals surface area contributed by atoms with Crippen molar-refractivity contribution in [1.29, 1.82) is 0 Å². The van der Waals surface area contributed by atoms with Crippen LogP contribution in [0.15, 0.2) is 29.4 Å². The average Bonchev–Trinajstić information content (AvgIpc) is 2.92. The molecule has 0 aliphatic rings. The van der Waals surface area contributed by atoms with E-state index in [1.807, 2.05) is 13.8 Å². The molecule has 1 aromatic carbocycles. The third kappa shape index (κ3) is 4.07. The number of anilines is 2. The highest BCUT2D eigenvalue weighted by Gasteiger charge is 2.19. The van der Waals surface area contributed by atoms with E-state index in [0.717, 1.165) is 6.07 Å². The number of rotatable bonds is 5. The highest BCUT2D eigenvalue weighted by Crippen LogP contribution is 2.22. The number of nitrogens with one attached hydrogen (secondary N) is 3. The molecule has 7 nitrogen and oxygen atoms in total. The molecule has 124 valence electrons. The Balaban J connectivity index is 2.27. The standard InChI is InChI=1S/C14H17FN4O3S/c1-8(2)14-16-7-13(18-14)23(21,22)19-10-4-5-11(15)12(6-10)17-9(3)20/h4-8,19H,1-3H3,(H,16,18)(H,17,20). The minimum absolute atomic E-state index is 0.0520. The van der Waals surface area contributed by atoms with Crippen LogP contribution in [0.5, 0.6) is 0 Å². The Morgan fingerprint density at radius 3 is 2.61 bits per heavy atom. The number of amides is 1. The Bertz CT molecular complexity index is 830. The molecule has 1 amide bonds. The molecule has 2 aromatic rings. The molecule has 0 saturated heterocycles. The Morgan fingerprint density at radius 2 is 2.04 bits per heavy atom. The fourth-order valence-corrected chi connectivity index (χ4v) is 2.81. The molecule has 0 bridgehead atoms. The fraction of sp³-hybridized carbons (Fsp3) is 0.286. The normalized spacial score (nSPS) is 11.5. The molecule has 0 fully saturated rings. The van der Waals surface area contributed by atoms with E-state index < -0.39 is 21.7 Å².